The van der Waals surface area contributed by atoms with Crippen molar-refractivity contribution in [2.24, 2.45) is 0 Å². The van der Waals surface area contributed by atoms with E-state index < -0.39 is 0 Å². The first kappa shape index (κ1) is 12.3. The van der Waals surface area contributed by atoms with Gasteiger partial charge in [0.05, 0.1) is 17.3 Å². The zero-order valence-electron chi connectivity index (χ0n) is 10.2. The van der Waals surface area contributed by atoms with Crippen molar-refractivity contribution in [1.82, 2.24) is 4.98 Å². The average Bonchev–Trinajstić information content (AvgIpc) is 2.81. The summed E-state index contributed by atoms with van der Waals surface area (Å²) in [5.41, 5.74) is 1.89. The average molecular weight is 291 g/mol. The van der Waals surface area contributed by atoms with Crippen molar-refractivity contribution < 1.29 is 4.74 Å². The first-order valence-corrected chi connectivity index (χ1v) is 6.91. The van der Waals surface area contributed by atoms with Gasteiger partial charge in [0.2, 0.25) is 0 Å². The van der Waals surface area contributed by atoms with Gasteiger partial charge in [-0.25, -0.2) is 4.98 Å². The summed E-state index contributed by atoms with van der Waals surface area (Å²) in [5, 5.41) is 4.82. The van der Waals surface area contributed by atoms with Crippen LogP contribution in [0, 0.1) is 0 Å². The van der Waals surface area contributed by atoms with Crippen LogP contribution in [0.1, 0.15) is 0 Å². The van der Waals surface area contributed by atoms with Crippen molar-refractivity contribution in [3.05, 3.63) is 47.5 Å². The number of hydrogen-bond acceptors (Lipinski definition) is 4. The summed E-state index contributed by atoms with van der Waals surface area (Å²) in [6, 6.07) is 13.5. The zero-order chi connectivity index (χ0) is 13.2. The highest BCUT2D eigenvalue weighted by Gasteiger charge is 2.04. The van der Waals surface area contributed by atoms with Crippen molar-refractivity contribution in [1.29, 1.82) is 0 Å². The van der Waals surface area contributed by atoms with Crippen molar-refractivity contribution >= 4 is 44.0 Å². The van der Waals surface area contributed by atoms with Crippen LogP contribution in [0.2, 0.25) is 5.02 Å². The molecule has 0 saturated carbocycles. The second-order valence-corrected chi connectivity index (χ2v) is 5.45. The second-order valence-electron chi connectivity index (χ2n) is 3.98. The number of anilines is 2. The molecule has 0 bridgehead atoms. The molecule has 5 heteroatoms. The standard InChI is InChI=1S/C14H11ClN2OS/c1-18-11-5-3-10(4-6-11)16-14-17-12-8-9(15)2-7-13(12)19-14/h2-8H,1H3,(H,16,17). The van der Waals surface area contributed by atoms with E-state index in [1.54, 1.807) is 18.4 Å². The van der Waals surface area contributed by atoms with Crippen LogP contribution in [0.5, 0.6) is 5.75 Å². The maximum atomic E-state index is 5.95. The van der Waals surface area contributed by atoms with E-state index in [0.717, 1.165) is 26.8 Å². The minimum Gasteiger partial charge on any atom is -0.497 e. The highest BCUT2D eigenvalue weighted by atomic mass is 35.5. The Labute approximate surface area is 119 Å². The van der Waals surface area contributed by atoms with E-state index in [4.69, 9.17) is 16.3 Å². The number of nitrogens with one attached hydrogen (secondary N) is 1. The van der Waals surface area contributed by atoms with E-state index in [9.17, 15) is 0 Å². The Morgan fingerprint density at radius 1 is 1.16 bits per heavy atom. The van der Waals surface area contributed by atoms with Crippen LogP contribution in [0.15, 0.2) is 42.5 Å². The fourth-order valence-electron chi connectivity index (χ4n) is 1.75. The summed E-state index contributed by atoms with van der Waals surface area (Å²) < 4.78 is 6.24. The molecule has 1 heterocycles. The minimum atomic E-state index is 0.703. The Morgan fingerprint density at radius 2 is 1.95 bits per heavy atom. The quantitative estimate of drug-likeness (QED) is 0.759. The van der Waals surface area contributed by atoms with Gasteiger partial charge in [-0.1, -0.05) is 22.9 Å². The lowest BCUT2D eigenvalue weighted by molar-refractivity contribution is 0.415. The van der Waals surface area contributed by atoms with Gasteiger partial charge >= 0.3 is 0 Å². The molecule has 1 aromatic heterocycles. The molecule has 0 aliphatic rings. The number of thiazole rings is 1. The number of hydrogen-bond donors (Lipinski definition) is 1. The molecule has 3 aromatic rings. The molecule has 0 unspecified atom stereocenters. The smallest absolute Gasteiger partial charge is 0.188 e. The first-order chi connectivity index (χ1) is 9.24. The first-order valence-electron chi connectivity index (χ1n) is 5.72. The number of fused-ring (bicyclic) bond motifs is 1. The highest BCUT2D eigenvalue weighted by molar-refractivity contribution is 7.22. The lowest BCUT2D eigenvalue weighted by Crippen LogP contribution is -1.89. The molecule has 0 spiro atoms. The number of nitrogens with zero attached hydrogens (tertiary/aromatic N) is 1. The highest BCUT2D eigenvalue weighted by Crippen LogP contribution is 2.30. The Kier molecular flexibility index (Phi) is 3.27. The third kappa shape index (κ3) is 2.64. The van der Waals surface area contributed by atoms with E-state index in [0.29, 0.717) is 5.02 Å². The van der Waals surface area contributed by atoms with Crippen molar-refractivity contribution in [3.8, 4) is 5.75 Å². The van der Waals surface area contributed by atoms with E-state index in [2.05, 4.69) is 10.3 Å². The number of methoxy groups -OCH3 is 1. The maximum absolute atomic E-state index is 5.95. The molecule has 0 saturated heterocycles. The lowest BCUT2D eigenvalue weighted by Gasteiger charge is -2.03. The summed E-state index contributed by atoms with van der Waals surface area (Å²) in [4.78, 5) is 4.50. The summed E-state index contributed by atoms with van der Waals surface area (Å²) in [5.74, 6) is 0.835. The molecular weight excluding hydrogens is 280 g/mol. The van der Waals surface area contributed by atoms with E-state index in [-0.39, 0.29) is 0 Å². The fraction of sp³-hybridized carbons (Fsp3) is 0.0714. The van der Waals surface area contributed by atoms with Gasteiger partial charge in [-0.3, -0.25) is 0 Å². The molecule has 0 aliphatic carbocycles. The van der Waals surface area contributed by atoms with Gasteiger partial charge in [0.25, 0.3) is 0 Å². The molecule has 0 fully saturated rings. The molecule has 3 nitrogen and oxygen atoms in total. The number of rotatable bonds is 3. The number of halogens is 1. The van der Waals surface area contributed by atoms with Gasteiger partial charge in [-0.2, -0.15) is 0 Å². The molecule has 0 amide bonds. The normalized spacial score (nSPS) is 10.6. The fourth-order valence-corrected chi connectivity index (χ4v) is 2.78. The SMILES string of the molecule is COc1ccc(Nc2nc3cc(Cl)ccc3s2)cc1. The summed E-state index contributed by atoms with van der Waals surface area (Å²) in [7, 11) is 1.65. The molecule has 19 heavy (non-hydrogen) atoms. The minimum absolute atomic E-state index is 0.703. The molecule has 0 aliphatic heterocycles. The topological polar surface area (TPSA) is 34.1 Å². The van der Waals surface area contributed by atoms with Gasteiger partial charge in [-0.05, 0) is 42.5 Å². The second kappa shape index (κ2) is 5.07. The zero-order valence-corrected chi connectivity index (χ0v) is 11.8. The van der Waals surface area contributed by atoms with Gasteiger partial charge in [0.1, 0.15) is 5.75 Å². The van der Waals surface area contributed by atoms with Crippen LogP contribution < -0.4 is 10.1 Å². The summed E-state index contributed by atoms with van der Waals surface area (Å²) >= 11 is 7.55. The van der Waals surface area contributed by atoms with Crippen LogP contribution in [-0.2, 0) is 0 Å². The monoisotopic (exact) mass is 290 g/mol. The summed E-state index contributed by atoms with van der Waals surface area (Å²) in [6.07, 6.45) is 0. The maximum Gasteiger partial charge on any atom is 0.188 e. The van der Waals surface area contributed by atoms with Crippen LogP contribution in [-0.4, -0.2) is 12.1 Å². The molecule has 0 radical (unpaired) electrons. The number of benzene rings is 2. The molecule has 3 rings (SSSR count). The van der Waals surface area contributed by atoms with Crippen molar-refractivity contribution in [3.63, 3.8) is 0 Å². The predicted octanol–water partition coefficient (Wildman–Crippen LogP) is 4.70. The Morgan fingerprint density at radius 3 is 2.68 bits per heavy atom. The van der Waals surface area contributed by atoms with Gasteiger partial charge in [-0.15, -0.1) is 0 Å². The van der Waals surface area contributed by atoms with Crippen molar-refractivity contribution in [2.75, 3.05) is 12.4 Å². The molecular formula is C14H11ClN2OS. The lowest BCUT2D eigenvalue weighted by atomic mass is 10.3. The Bertz CT molecular complexity index is 709. The molecule has 2 aromatic carbocycles. The van der Waals surface area contributed by atoms with Gasteiger partial charge < -0.3 is 10.1 Å². The van der Waals surface area contributed by atoms with E-state index in [1.165, 1.54) is 0 Å². The molecule has 0 atom stereocenters. The van der Waals surface area contributed by atoms with Crippen LogP contribution >= 0.6 is 22.9 Å². The van der Waals surface area contributed by atoms with Gasteiger partial charge in [0.15, 0.2) is 5.13 Å². The third-order valence-corrected chi connectivity index (χ3v) is 3.88. The Hall–Kier alpha value is -1.78. The van der Waals surface area contributed by atoms with Gasteiger partial charge in [0, 0.05) is 10.7 Å². The van der Waals surface area contributed by atoms with E-state index >= 15 is 0 Å². The van der Waals surface area contributed by atoms with Crippen molar-refractivity contribution in [2.45, 2.75) is 0 Å². The summed E-state index contributed by atoms with van der Waals surface area (Å²) in [6.45, 7) is 0. The van der Waals surface area contributed by atoms with Crippen LogP contribution in [0.3, 0.4) is 0 Å². The number of aromatic nitrogens is 1. The largest absolute Gasteiger partial charge is 0.497 e. The Balaban J connectivity index is 1.87. The molecule has 1 N–H and O–H groups in total. The molecule has 96 valence electrons. The van der Waals surface area contributed by atoms with Crippen LogP contribution in [0.4, 0.5) is 10.8 Å². The third-order valence-electron chi connectivity index (χ3n) is 2.69. The predicted molar refractivity (Wildman–Crippen MR) is 80.9 cm³/mol. The number of ether oxygens (including phenoxy) is 1. The van der Waals surface area contributed by atoms with E-state index in [1.807, 2.05) is 42.5 Å². The van der Waals surface area contributed by atoms with Crippen LogP contribution in [0.25, 0.3) is 10.2 Å².